The van der Waals surface area contributed by atoms with E-state index in [1.165, 1.54) is 0 Å². The van der Waals surface area contributed by atoms with Crippen molar-refractivity contribution in [3.63, 3.8) is 0 Å². The van der Waals surface area contributed by atoms with Crippen LogP contribution in [-0.2, 0) is 0 Å². The highest BCUT2D eigenvalue weighted by atomic mass is 16.4. The van der Waals surface area contributed by atoms with Crippen LogP contribution in [0.4, 0.5) is 0 Å². The minimum Gasteiger partial charge on any atom is -0.438 e. The van der Waals surface area contributed by atoms with Crippen molar-refractivity contribution in [1.82, 2.24) is 4.98 Å². The van der Waals surface area contributed by atoms with Gasteiger partial charge < -0.3 is 15.3 Å². The van der Waals surface area contributed by atoms with E-state index in [0.29, 0.717) is 17.9 Å². The van der Waals surface area contributed by atoms with Gasteiger partial charge in [0.25, 0.3) is 0 Å². The lowest BCUT2D eigenvalue weighted by Crippen LogP contribution is -2.27. The molecule has 0 aliphatic rings. The van der Waals surface area contributed by atoms with Gasteiger partial charge in [0.05, 0.1) is 0 Å². The van der Waals surface area contributed by atoms with E-state index in [-0.39, 0.29) is 6.04 Å². The fraction of sp³-hybridized carbons (Fsp3) is 0.364. The zero-order chi connectivity index (χ0) is 10.8. The fourth-order valence-corrected chi connectivity index (χ4v) is 1.42. The summed E-state index contributed by atoms with van der Waals surface area (Å²) < 4.78 is 5.41. The molecule has 2 atom stereocenters. The SMILES string of the molecule is CCC(N)C(O)c1nc2ccccc2o1. The molecule has 1 aromatic carbocycles. The van der Waals surface area contributed by atoms with Gasteiger partial charge in [-0.1, -0.05) is 19.1 Å². The third kappa shape index (κ3) is 1.86. The van der Waals surface area contributed by atoms with Crippen molar-refractivity contribution in [2.75, 3.05) is 0 Å². The largest absolute Gasteiger partial charge is 0.438 e. The summed E-state index contributed by atoms with van der Waals surface area (Å²) >= 11 is 0. The number of aliphatic hydroxyl groups excluding tert-OH is 1. The Kier molecular flexibility index (Phi) is 2.70. The Morgan fingerprint density at radius 1 is 1.47 bits per heavy atom. The molecule has 0 aliphatic heterocycles. The highest BCUT2D eigenvalue weighted by Gasteiger charge is 2.20. The minimum atomic E-state index is -0.831. The number of nitrogens with two attached hydrogens (primary N) is 1. The molecule has 80 valence electrons. The smallest absolute Gasteiger partial charge is 0.225 e. The lowest BCUT2D eigenvalue weighted by atomic mass is 10.1. The summed E-state index contributed by atoms with van der Waals surface area (Å²) in [5, 5.41) is 9.81. The minimum absolute atomic E-state index is 0.297. The number of hydrogen-bond acceptors (Lipinski definition) is 4. The number of nitrogens with zero attached hydrogens (tertiary/aromatic N) is 1. The summed E-state index contributed by atoms with van der Waals surface area (Å²) in [6.07, 6.45) is -0.151. The second-order valence-corrected chi connectivity index (χ2v) is 3.54. The van der Waals surface area contributed by atoms with Gasteiger partial charge in [0.2, 0.25) is 5.89 Å². The van der Waals surface area contributed by atoms with Crippen molar-refractivity contribution in [2.45, 2.75) is 25.5 Å². The zero-order valence-corrected chi connectivity index (χ0v) is 8.55. The van der Waals surface area contributed by atoms with Crippen LogP contribution < -0.4 is 5.73 Å². The molecule has 2 aromatic rings. The Labute approximate surface area is 87.7 Å². The van der Waals surface area contributed by atoms with E-state index in [1.807, 2.05) is 31.2 Å². The van der Waals surface area contributed by atoms with Crippen LogP contribution in [0.15, 0.2) is 28.7 Å². The predicted molar refractivity (Wildman–Crippen MR) is 57.2 cm³/mol. The topological polar surface area (TPSA) is 72.3 Å². The first-order valence-electron chi connectivity index (χ1n) is 5.01. The van der Waals surface area contributed by atoms with Crippen molar-refractivity contribution < 1.29 is 9.52 Å². The van der Waals surface area contributed by atoms with Gasteiger partial charge in [-0.2, -0.15) is 0 Å². The number of fused-ring (bicyclic) bond motifs is 1. The van der Waals surface area contributed by atoms with Gasteiger partial charge in [-0.05, 0) is 18.6 Å². The summed E-state index contributed by atoms with van der Waals surface area (Å²) in [4.78, 5) is 4.19. The Hall–Kier alpha value is -1.39. The summed E-state index contributed by atoms with van der Waals surface area (Å²) in [6.45, 7) is 1.91. The lowest BCUT2D eigenvalue weighted by molar-refractivity contribution is 0.116. The Morgan fingerprint density at radius 3 is 2.87 bits per heavy atom. The van der Waals surface area contributed by atoms with Crippen LogP contribution in [0.1, 0.15) is 25.3 Å². The molecule has 4 nitrogen and oxygen atoms in total. The van der Waals surface area contributed by atoms with Crippen LogP contribution in [0.3, 0.4) is 0 Å². The summed E-state index contributed by atoms with van der Waals surface area (Å²) in [6, 6.07) is 7.06. The van der Waals surface area contributed by atoms with Crippen molar-refractivity contribution in [3.05, 3.63) is 30.2 Å². The zero-order valence-electron chi connectivity index (χ0n) is 8.55. The molecule has 0 bridgehead atoms. The molecule has 0 fully saturated rings. The third-order valence-electron chi connectivity index (χ3n) is 2.44. The van der Waals surface area contributed by atoms with Crippen molar-refractivity contribution >= 4 is 11.1 Å². The van der Waals surface area contributed by atoms with Gasteiger partial charge in [0, 0.05) is 6.04 Å². The van der Waals surface area contributed by atoms with Gasteiger partial charge >= 0.3 is 0 Å². The van der Waals surface area contributed by atoms with Gasteiger partial charge in [0.1, 0.15) is 11.6 Å². The standard InChI is InChI=1S/C11H14N2O2/c1-2-7(12)10(14)11-13-8-5-3-4-6-9(8)15-11/h3-7,10,14H,2,12H2,1H3. The molecule has 0 spiro atoms. The molecular weight excluding hydrogens is 192 g/mol. The van der Waals surface area contributed by atoms with Crippen LogP contribution in [0.5, 0.6) is 0 Å². The highest BCUT2D eigenvalue weighted by Crippen LogP contribution is 2.22. The van der Waals surface area contributed by atoms with Crippen molar-refractivity contribution in [2.24, 2.45) is 5.73 Å². The van der Waals surface area contributed by atoms with Gasteiger partial charge in [-0.15, -0.1) is 0 Å². The summed E-state index contributed by atoms with van der Waals surface area (Å²) in [5.74, 6) is 0.297. The second-order valence-electron chi connectivity index (χ2n) is 3.54. The van der Waals surface area contributed by atoms with E-state index in [0.717, 1.165) is 5.52 Å². The lowest BCUT2D eigenvalue weighted by Gasteiger charge is -2.12. The number of oxazole rings is 1. The molecule has 2 rings (SSSR count). The number of rotatable bonds is 3. The maximum absolute atomic E-state index is 9.81. The quantitative estimate of drug-likeness (QED) is 0.800. The fourth-order valence-electron chi connectivity index (χ4n) is 1.42. The monoisotopic (exact) mass is 206 g/mol. The molecule has 15 heavy (non-hydrogen) atoms. The van der Waals surface area contributed by atoms with E-state index in [2.05, 4.69) is 4.98 Å². The van der Waals surface area contributed by atoms with E-state index >= 15 is 0 Å². The maximum Gasteiger partial charge on any atom is 0.225 e. The Morgan fingerprint density at radius 2 is 2.20 bits per heavy atom. The molecule has 2 unspecified atom stereocenters. The molecule has 0 radical (unpaired) electrons. The van der Waals surface area contributed by atoms with Crippen LogP contribution in [0.2, 0.25) is 0 Å². The first-order chi connectivity index (χ1) is 7.22. The van der Waals surface area contributed by atoms with Crippen LogP contribution in [0, 0.1) is 0 Å². The maximum atomic E-state index is 9.81. The second kappa shape index (κ2) is 4.00. The first-order valence-corrected chi connectivity index (χ1v) is 5.01. The van der Waals surface area contributed by atoms with Gasteiger partial charge in [0.15, 0.2) is 5.58 Å². The molecule has 0 saturated heterocycles. The van der Waals surface area contributed by atoms with Crippen molar-refractivity contribution in [3.8, 4) is 0 Å². The molecule has 0 aliphatic carbocycles. The first kappa shape index (κ1) is 10.1. The number of hydrogen-bond donors (Lipinski definition) is 2. The van der Waals surface area contributed by atoms with Gasteiger partial charge in [-0.3, -0.25) is 0 Å². The van der Waals surface area contributed by atoms with Crippen LogP contribution in [-0.4, -0.2) is 16.1 Å². The predicted octanol–water partition coefficient (Wildman–Crippen LogP) is 1.60. The average Bonchev–Trinajstić information content (AvgIpc) is 2.70. The van der Waals surface area contributed by atoms with Crippen molar-refractivity contribution in [1.29, 1.82) is 0 Å². The number of aliphatic hydroxyl groups is 1. The number of para-hydroxylation sites is 2. The van der Waals surface area contributed by atoms with E-state index in [1.54, 1.807) is 0 Å². The molecule has 1 aromatic heterocycles. The van der Waals surface area contributed by atoms with Crippen LogP contribution in [0.25, 0.3) is 11.1 Å². The van der Waals surface area contributed by atoms with Gasteiger partial charge in [-0.25, -0.2) is 4.98 Å². The van der Waals surface area contributed by atoms with E-state index in [4.69, 9.17) is 10.2 Å². The third-order valence-corrected chi connectivity index (χ3v) is 2.44. The number of aromatic nitrogens is 1. The molecular formula is C11H14N2O2. The summed E-state index contributed by atoms with van der Waals surface area (Å²) in [7, 11) is 0. The molecule has 4 heteroatoms. The van der Waals surface area contributed by atoms with Crippen LogP contribution >= 0.6 is 0 Å². The molecule has 3 N–H and O–H groups in total. The Bertz CT molecular complexity index is 420. The normalized spacial score (nSPS) is 15.4. The average molecular weight is 206 g/mol. The molecule has 0 amide bonds. The van der Waals surface area contributed by atoms with E-state index in [9.17, 15) is 5.11 Å². The molecule has 0 saturated carbocycles. The Balaban J connectivity index is 2.36. The van der Waals surface area contributed by atoms with E-state index < -0.39 is 6.10 Å². The highest BCUT2D eigenvalue weighted by molar-refractivity contribution is 5.72. The molecule has 1 heterocycles. The number of benzene rings is 1. The summed E-state index contributed by atoms with van der Waals surface area (Å²) in [5.41, 5.74) is 7.14.